The van der Waals surface area contributed by atoms with Gasteiger partial charge < -0.3 is 15.1 Å². The summed E-state index contributed by atoms with van der Waals surface area (Å²) in [7, 11) is 0. The molecule has 0 spiro atoms. The summed E-state index contributed by atoms with van der Waals surface area (Å²) in [5.74, 6) is -1.10. The molecule has 1 aromatic carbocycles. The van der Waals surface area contributed by atoms with Gasteiger partial charge in [-0.25, -0.2) is 9.59 Å². The van der Waals surface area contributed by atoms with Crippen molar-refractivity contribution in [3.05, 3.63) is 55.0 Å². The number of thiazole rings is 1. The molecule has 0 unspecified atom stereocenters. The number of nitrogens with one attached hydrogen (secondary N) is 2. The van der Waals surface area contributed by atoms with Crippen LogP contribution in [0.15, 0.2) is 33.2 Å². The van der Waals surface area contributed by atoms with Crippen LogP contribution < -0.4 is 10.6 Å². The SMILES string of the molecule is O=C(O)c1cccc2c1[nH]c(=O)n2Cc1csc(=O)[nH]1. The predicted octanol–water partition coefficient (Wildman–Crippen LogP) is 0.826. The number of carbonyl (C=O) groups is 1. The number of H-pyrrole nitrogens is 2. The molecular weight excluding hydrogens is 282 g/mol. The van der Waals surface area contributed by atoms with Crippen LogP contribution in [0, 0.1) is 0 Å². The maximum Gasteiger partial charge on any atom is 0.337 e. The van der Waals surface area contributed by atoms with Gasteiger partial charge in [0.15, 0.2) is 0 Å². The van der Waals surface area contributed by atoms with Crippen molar-refractivity contribution in [1.82, 2.24) is 14.5 Å². The molecule has 0 saturated heterocycles. The number of hydrogen-bond acceptors (Lipinski definition) is 4. The highest BCUT2D eigenvalue weighted by Crippen LogP contribution is 2.16. The molecule has 0 aliphatic heterocycles. The Balaban J connectivity index is 2.19. The Morgan fingerprint density at radius 1 is 1.30 bits per heavy atom. The highest BCUT2D eigenvalue weighted by molar-refractivity contribution is 7.07. The third-order valence-corrected chi connectivity index (χ3v) is 3.66. The Bertz CT molecular complexity index is 915. The quantitative estimate of drug-likeness (QED) is 0.664. The molecule has 3 rings (SSSR count). The molecule has 0 radical (unpaired) electrons. The zero-order chi connectivity index (χ0) is 14.3. The lowest BCUT2D eigenvalue weighted by molar-refractivity contribution is 0.0699. The van der Waals surface area contributed by atoms with E-state index in [0.29, 0.717) is 11.2 Å². The lowest BCUT2D eigenvalue weighted by atomic mass is 10.2. The summed E-state index contributed by atoms with van der Waals surface area (Å²) in [5.41, 5.74) is 0.992. The van der Waals surface area contributed by atoms with Crippen LogP contribution in [0.3, 0.4) is 0 Å². The van der Waals surface area contributed by atoms with Gasteiger partial charge in [0.1, 0.15) is 0 Å². The molecule has 102 valence electrons. The van der Waals surface area contributed by atoms with Crippen molar-refractivity contribution in [3.8, 4) is 0 Å². The van der Waals surface area contributed by atoms with E-state index >= 15 is 0 Å². The highest BCUT2D eigenvalue weighted by Gasteiger charge is 2.14. The number of imidazole rings is 1. The summed E-state index contributed by atoms with van der Waals surface area (Å²) >= 11 is 1.01. The van der Waals surface area contributed by atoms with Gasteiger partial charge in [-0.2, -0.15) is 0 Å². The second-order valence-corrected chi connectivity index (χ2v) is 5.04. The third-order valence-electron chi connectivity index (χ3n) is 2.94. The summed E-state index contributed by atoms with van der Waals surface area (Å²) < 4.78 is 1.39. The summed E-state index contributed by atoms with van der Waals surface area (Å²) in [6.07, 6.45) is 0. The number of para-hydroxylation sites is 1. The van der Waals surface area contributed by atoms with Crippen LogP contribution in [-0.4, -0.2) is 25.6 Å². The van der Waals surface area contributed by atoms with Gasteiger partial charge >= 0.3 is 16.5 Å². The van der Waals surface area contributed by atoms with Crippen LogP contribution in [0.5, 0.6) is 0 Å². The molecule has 0 aliphatic rings. The normalized spacial score (nSPS) is 11.0. The number of hydrogen-bond donors (Lipinski definition) is 3. The smallest absolute Gasteiger partial charge is 0.337 e. The van der Waals surface area contributed by atoms with Crippen molar-refractivity contribution in [1.29, 1.82) is 0 Å². The summed E-state index contributed by atoms with van der Waals surface area (Å²) in [6, 6.07) is 4.66. The number of aromatic nitrogens is 3. The Labute approximate surface area is 115 Å². The number of benzene rings is 1. The highest BCUT2D eigenvalue weighted by atomic mass is 32.1. The van der Waals surface area contributed by atoms with Gasteiger partial charge in [-0.1, -0.05) is 17.4 Å². The molecule has 0 bridgehead atoms. The fourth-order valence-corrected chi connectivity index (χ4v) is 2.65. The van der Waals surface area contributed by atoms with Crippen LogP contribution in [-0.2, 0) is 6.54 Å². The zero-order valence-electron chi connectivity index (χ0n) is 10.0. The van der Waals surface area contributed by atoms with Gasteiger partial charge in [-0.05, 0) is 12.1 Å². The molecule has 0 saturated carbocycles. The molecule has 2 heterocycles. The lowest BCUT2D eigenvalue weighted by Gasteiger charge is -2.01. The van der Waals surface area contributed by atoms with Crippen molar-refractivity contribution in [2.75, 3.05) is 0 Å². The molecule has 0 atom stereocenters. The van der Waals surface area contributed by atoms with Gasteiger partial charge in [0.25, 0.3) is 0 Å². The molecule has 0 amide bonds. The fraction of sp³-hybridized carbons (Fsp3) is 0.0833. The summed E-state index contributed by atoms with van der Waals surface area (Å²) in [5, 5.41) is 10.7. The van der Waals surface area contributed by atoms with E-state index in [1.807, 2.05) is 0 Å². The van der Waals surface area contributed by atoms with E-state index in [1.54, 1.807) is 17.5 Å². The van der Waals surface area contributed by atoms with Crippen molar-refractivity contribution in [3.63, 3.8) is 0 Å². The Hall–Kier alpha value is -2.61. The standard InChI is InChI=1S/C12H9N3O4S/c16-10(17)7-2-1-3-8-9(7)14-11(18)15(8)4-6-5-20-12(19)13-6/h1-3,5H,4H2,(H,13,19)(H,14,18)(H,16,17). The molecule has 7 nitrogen and oxygen atoms in total. The van der Waals surface area contributed by atoms with Crippen LogP contribution in [0.4, 0.5) is 0 Å². The van der Waals surface area contributed by atoms with E-state index in [9.17, 15) is 14.4 Å². The molecule has 3 N–H and O–H groups in total. The van der Waals surface area contributed by atoms with Crippen LogP contribution in [0.1, 0.15) is 16.1 Å². The number of carboxylic acids is 1. The Morgan fingerprint density at radius 3 is 2.75 bits per heavy atom. The van der Waals surface area contributed by atoms with Crippen molar-refractivity contribution < 1.29 is 9.90 Å². The molecule has 8 heteroatoms. The Morgan fingerprint density at radius 2 is 2.10 bits per heavy atom. The average molecular weight is 291 g/mol. The predicted molar refractivity (Wildman–Crippen MR) is 73.6 cm³/mol. The van der Waals surface area contributed by atoms with Crippen molar-refractivity contribution in [2.24, 2.45) is 0 Å². The maximum absolute atomic E-state index is 12.0. The summed E-state index contributed by atoms with van der Waals surface area (Å²) in [6.45, 7) is 0.181. The number of fused-ring (bicyclic) bond motifs is 1. The third kappa shape index (κ3) is 1.95. The van der Waals surface area contributed by atoms with Gasteiger partial charge in [0.05, 0.1) is 23.1 Å². The zero-order valence-corrected chi connectivity index (χ0v) is 10.9. The van der Waals surface area contributed by atoms with E-state index in [1.165, 1.54) is 10.6 Å². The first-order valence-corrected chi connectivity index (χ1v) is 6.56. The molecule has 2 aromatic heterocycles. The Kier molecular flexibility index (Phi) is 2.79. The molecule has 20 heavy (non-hydrogen) atoms. The van der Waals surface area contributed by atoms with Gasteiger partial charge in [-0.3, -0.25) is 9.36 Å². The first kappa shape index (κ1) is 12.4. The molecule has 0 fully saturated rings. The summed E-state index contributed by atoms with van der Waals surface area (Å²) in [4.78, 5) is 39.1. The van der Waals surface area contributed by atoms with Crippen LogP contribution in [0.2, 0.25) is 0 Å². The van der Waals surface area contributed by atoms with Gasteiger partial charge in [-0.15, -0.1) is 0 Å². The van der Waals surface area contributed by atoms with E-state index in [0.717, 1.165) is 11.3 Å². The first-order chi connectivity index (χ1) is 9.56. The maximum atomic E-state index is 12.0. The van der Waals surface area contributed by atoms with E-state index in [2.05, 4.69) is 9.97 Å². The number of rotatable bonds is 3. The minimum absolute atomic E-state index is 0.0390. The second kappa shape index (κ2) is 4.49. The van der Waals surface area contributed by atoms with E-state index in [4.69, 9.17) is 5.11 Å². The monoisotopic (exact) mass is 291 g/mol. The van der Waals surface area contributed by atoms with Crippen LogP contribution in [0.25, 0.3) is 11.0 Å². The molecular formula is C12H9N3O4S. The first-order valence-electron chi connectivity index (χ1n) is 5.68. The van der Waals surface area contributed by atoms with Gasteiger partial charge in [0, 0.05) is 11.1 Å². The van der Waals surface area contributed by atoms with E-state index in [-0.39, 0.29) is 22.5 Å². The van der Waals surface area contributed by atoms with Crippen molar-refractivity contribution in [2.45, 2.75) is 6.54 Å². The number of carboxylic acid groups (broad SMARTS) is 1. The number of aromatic carboxylic acids is 1. The minimum Gasteiger partial charge on any atom is -0.478 e. The van der Waals surface area contributed by atoms with Gasteiger partial charge in [0.2, 0.25) is 0 Å². The second-order valence-electron chi connectivity index (χ2n) is 4.19. The topological polar surface area (TPSA) is 108 Å². The fourth-order valence-electron chi connectivity index (χ4n) is 2.08. The lowest BCUT2D eigenvalue weighted by Crippen LogP contribution is -2.17. The minimum atomic E-state index is -1.10. The molecule has 0 aliphatic carbocycles. The molecule has 3 aromatic rings. The van der Waals surface area contributed by atoms with E-state index < -0.39 is 11.7 Å². The number of aromatic amines is 2. The van der Waals surface area contributed by atoms with Crippen molar-refractivity contribution >= 4 is 28.3 Å². The van der Waals surface area contributed by atoms with Crippen LogP contribution >= 0.6 is 11.3 Å². The largest absolute Gasteiger partial charge is 0.478 e. The number of nitrogens with zero attached hydrogens (tertiary/aromatic N) is 1. The average Bonchev–Trinajstić information content (AvgIpc) is 2.94.